The number of hydrogen-bond acceptors (Lipinski definition) is 2. The van der Waals surface area contributed by atoms with E-state index in [1.165, 1.54) is 38.5 Å². The standard InChI is InChI=1S/C15H29N3O/c1-13-12-14(7-11-19-13)6-8-17-15(16)18-9-4-2-3-5-10-18/h13-14H,2-12H2,1H3,(H2,16,17)/t13-,14-/m0/s1. The maximum Gasteiger partial charge on any atom is 0.191 e. The van der Waals surface area contributed by atoms with E-state index in [1.807, 2.05) is 0 Å². The molecule has 0 unspecified atom stereocenters. The highest BCUT2D eigenvalue weighted by Gasteiger charge is 2.19. The smallest absolute Gasteiger partial charge is 0.191 e. The minimum absolute atomic E-state index is 0.422. The summed E-state index contributed by atoms with van der Waals surface area (Å²) in [5.41, 5.74) is 6.11. The van der Waals surface area contributed by atoms with Crippen molar-refractivity contribution in [3.05, 3.63) is 0 Å². The Morgan fingerprint density at radius 3 is 2.68 bits per heavy atom. The van der Waals surface area contributed by atoms with Gasteiger partial charge >= 0.3 is 0 Å². The SMILES string of the molecule is C[C@H]1C[C@@H](CCN=C(N)N2CCCCCC2)CCO1. The molecule has 4 heteroatoms. The van der Waals surface area contributed by atoms with Gasteiger partial charge in [0.1, 0.15) is 0 Å². The number of guanidine groups is 1. The molecule has 2 rings (SSSR count). The second-order valence-electron chi connectivity index (χ2n) is 6.00. The lowest BCUT2D eigenvalue weighted by atomic mass is 9.93. The lowest BCUT2D eigenvalue weighted by molar-refractivity contribution is 0.00147. The van der Waals surface area contributed by atoms with Crippen molar-refractivity contribution in [1.29, 1.82) is 0 Å². The van der Waals surface area contributed by atoms with Crippen molar-refractivity contribution in [2.75, 3.05) is 26.2 Å². The van der Waals surface area contributed by atoms with E-state index in [2.05, 4.69) is 16.8 Å². The number of rotatable bonds is 3. The Morgan fingerprint density at radius 1 is 1.26 bits per heavy atom. The normalized spacial score (nSPS) is 30.2. The van der Waals surface area contributed by atoms with Crippen LogP contribution in [0.1, 0.15) is 51.9 Å². The average molecular weight is 267 g/mol. The van der Waals surface area contributed by atoms with Crippen LogP contribution in [0.3, 0.4) is 0 Å². The monoisotopic (exact) mass is 267 g/mol. The van der Waals surface area contributed by atoms with Crippen LogP contribution in [0.4, 0.5) is 0 Å². The number of aliphatic imine (C=N–C) groups is 1. The number of nitrogens with two attached hydrogens (primary N) is 1. The van der Waals surface area contributed by atoms with Crippen LogP contribution in [0.15, 0.2) is 4.99 Å². The van der Waals surface area contributed by atoms with Crippen molar-refractivity contribution in [2.24, 2.45) is 16.6 Å². The molecule has 2 heterocycles. The van der Waals surface area contributed by atoms with Gasteiger partial charge in [0.25, 0.3) is 0 Å². The molecular formula is C15H29N3O. The van der Waals surface area contributed by atoms with Crippen LogP contribution in [-0.2, 0) is 4.74 Å². The largest absolute Gasteiger partial charge is 0.378 e. The van der Waals surface area contributed by atoms with Gasteiger partial charge in [-0.2, -0.15) is 0 Å². The van der Waals surface area contributed by atoms with Gasteiger partial charge < -0.3 is 15.4 Å². The fourth-order valence-corrected chi connectivity index (χ4v) is 3.11. The highest BCUT2D eigenvalue weighted by atomic mass is 16.5. The van der Waals surface area contributed by atoms with Gasteiger partial charge in [0.2, 0.25) is 0 Å². The first-order valence-electron chi connectivity index (χ1n) is 7.92. The molecule has 2 atom stereocenters. The predicted molar refractivity (Wildman–Crippen MR) is 79.3 cm³/mol. The molecule has 0 bridgehead atoms. The highest BCUT2D eigenvalue weighted by Crippen LogP contribution is 2.22. The van der Waals surface area contributed by atoms with Gasteiger partial charge in [-0.05, 0) is 44.9 Å². The summed E-state index contributed by atoms with van der Waals surface area (Å²) in [5, 5.41) is 0. The summed E-state index contributed by atoms with van der Waals surface area (Å²) in [6.07, 6.45) is 9.13. The molecule has 0 radical (unpaired) electrons. The first kappa shape index (κ1) is 14.6. The van der Waals surface area contributed by atoms with E-state index in [4.69, 9.17) is 10.5 Å². The maximum absolute atomic E-state index is 6.11. The van der Waals surface area contributed by atoms with Crippen LogP contribution in [0.5, 0.6) is 0 Å². The molecule has 0 aromatic carbocycles. The molecule has 19 heavy (non-hydrogen) atoms. The van der Waals surface area contributed by atoms with Gasteiger partial charge in [0.15, 0.2) is 5.96 Å². The van der Waals surface area contributed by atoms with Crippen molar-refractivity contribution in [3.63, 3.8) is 0 Å². The third-order valence-electron chi connectivity index (χ3n) is 4.33. The number of likely N-dealkylation sites (tertiary alicyclic amines) is 1. The molecule has 0 aromatic rings. The summed E-state index contributed by atoms with van der Waals surface area (Å²) in [6.45, 7) is 6.13. The van der Waals surface area contributed by atoms with E-state index in [9.17, 15) is 0 Å². The van der Waals surface area contributed by atoms with Crippen LogP contribution >= 0.6 is 0 Å². The summed E-state index contributed by atoms with van der Waals surface area (Å²) in [7, 11) is 0. The van der Waals surface area contributed by atoms with E-state index >= 15 is 0 Å². The molecule has 4 nitrogen and oxygen atoms in total. The predicted octanol–water partition coefficient (Wildman–Crippen LogP) is 2.38. The van der Waals surface area contributed by atoms with Crippen LogP contribution in [0, 0.1) is 5.92 Å². The van der Waals surface area contributed by atoms with Crippen molar-refractivity contribution in [3.8, 4) is 0 Å². The third-order valence-corrected chi connectivity index (χ3v) is 4.33. The van der Waals surface area contributed by atoms with Gasteiger partial charge in [0.05, 0.1) is 6.10 Å². The molecule has 0 amide bonds. The molecule has 2 aliphatic rings. The molecule has 110 valence electrons. The third kappa shape index (κ3) is 5.01. The number of nitrogens with zero attached hydrogens (tertiary/aromatic N) is 2. The van der Waals surface area contributed by atoms with Crippen LogP contribution in [-0.4, -0.2) is 43.2 Å². The van der Waals surface area contributed by atoms with Gasteiger partial charge in [-0.3, -0.25) is 4.99 Å². The van der Waals surface area contributed by atoms with Crippen LogP contribution in [0.2, 0.25) is 0 Å². The molecule has 0 spiro atoms. The number of ether oxygens (including phenoxy) is 1. The number of hydrogen-bond donors (Lipinski definition) is 1. The molecule has 0 saturated carbocycles. The minimum Gasteiger partial charge on any atom is -0.378 e. The van der Waals surface area contributed by atoms with Crippen LogP contribution in [0.25, 0.3) is 0 Å². The molecule has 2 N–H and O–H groups in total. The highest BCUT2D eigenvalue weighted by molar-refractivity contribution is 5.78. The fourth-order valence-electron chi connectivity index (χ4n) is 3.11. The quantitative estimate of drug-likeness (QED) is 0.631. The van der Waals surface area contributed by atoms with Crippen molar-refractivity contribution in [2.45, 2.75) is 58.0 Å². The molecule has 0 aliphatic carbocycles. The average Bonchev–Trinajstić information content (AvgIpc) is 2.67. The van der Waals surface area contributed by atoms with E-state index in [0.29, 0.717) is 6.10 Å². The lowest BCUT2D eigenvalue weighted by Gasteiger charge is -2.27. The minimum atomic E-state index is 0.422. The summed E-state index contributed by atoms with van der Waals surface area (Å²) in [4.78, 5) is 6.85. The Balaban J connectivity index is 1.71. The van der Waals surface area contributed by atoms with E-state index in [-0.39, 0.29) is 0 Å². The maximum atomic E-state index is 6.11. The summed E-state index contributed by atoms with van der Waals surface area (Å²) in [5.74, 6) is 1.53. The van der Waals surface area contributed by atoms with Gasteiger partial charge in [-0.1, -0.05) is 12.8 Å². The van der Waals surface area contributed by atoms with E-state index in [0.717, 1.165) is 44.5 Å². The summed E-state index contributed by atoms with van der Waals surface area (Å²) >= 11 is 0. The van der Waals surface area contributed by atoms with Gasteiger partial charge in [0, 0.05) is 26.2 Å². The fraction of sp³-hybridized carbons (Fsp3) is 0.933. The van der Waals surface area contributed by atoms with Crippen molar-refractivity contribution in [1.82, 2.24) is 4.90 Å². The van der Waals surface area contributed by atoms with E-state index in [1.54, 1.807) is 0 Å². The first-order valence-corrected chi connectivity index (χ1v) is 7.92. The zero-order valence-corrected chi connectivity index (χ0v) is 12.3. The van der Waals surface area contributed by atoms with E-state index < -0.39 is 0 Å². The second kappa shape index (κ2) is 7.73. The Bertz CT molecular complexity index is 285. The molecular weight excluding hydrogens is 238 g/mol. The van der Waals surface area contributed by atoms with Gasteiger partial charge in [-0.15, -0.1) is 0 Å². The van der Waals surface area contributed by atoms with Crippen molar-refractivity contribution < 1.29 is 4.74 Å². The zero-order chi connectivity index (χ0) is 13.5. The molecule has 2 saturated heterocycles. The topological polar surface area (TPSA) is 50.8 Å². The Labute approximate surface area is 117 Å². The van der Waals surface area contributed by atoms with Gasteiger partial charge in [-0.25, -0.2) is 0 Å². The first-order chi connectivity index (χ1) is 9.25. The summed E-state index contributed by atoms with van der Waals surface area (Å²) < 4.78 is 5.58. The lowest BCUT2D eigenvalue weighted by Crippen LogP contribution is -2.38. The Hall–Kier alpha value is -0.770. The summed E-state index contributed by atoms with van der Waals surface area (Å²) in [6, 6.07) is 0. The Morgan fingerprint density at radius 2 is 2.00 bits per heavy atom. The van der Waals surface area contributed by atoms with Crippen molar-refractivity contribution >= 4 is 5.96 Å². The molecule has 2 aliphatic heterocycles. The van der Waals surface area contributed by atoms with Crippen LogP contribution < -0.4 is 5.73 Å². The second-order valence-corrected chi connectivity index (χ2v) is 6.00. The Kier molecular flexibility index (Phi) is 5.95. The molecule has 0 aromatic heterocycles. The molecule has 2 fully saturated rings. The zero-order valence-electron chi connectivity index (χ0n) is 12.3.